The van der Waals surface area contributed by atoms with E-state index in [1.165, 1.54) is 30.5 Å². The second-order valence-electron chi connectivity index (χ2n) is 7.92. The van der Waals surface area contributed by atoms with Crippen molar-refractivity contribution in [3.63, 3.8) is 0 Å². The molecule has 2 N–H and O–H groups in total. The molecule has 0 saturated carbocycles. The number of fused-ring (bicyclic) bond motifs is 1. The summed E-state index contributed by atoms with van der Waals surface area (Å²) in [6.45, 7) is 1.19. The minimum Gasteiger partial charge on any atom is -0.454 e. The van der Waals surface area contributed by atoms with Crippen LogP contribution in [0.25, 0.3) is 10.9 Å². The molecule has 4 rings (SSSR count). The highest BCUT2D eigenvalue weighted by atomic mass is 32.2. The number of halogens is 2. The average Bonchev–Trinajstić information content (AvgIpc) is 3.26. The van der Waals surface area contributed by atoms with Crippen LogP contribution in [0.2, 0.25) is 0 Å². The molecule has 0 saturated heterocycles. The Balaban J connectivity index is 1.89. The van der Waals surface area contributed by atoms with Gasteiger partial charge < -0.3 is 14.9 Å². The van der Waals surface area contributed by atoms with Gasteiger partial charge in [-0.1, -0.05) is 17.7 Å². The highest BCUT2D eigenvalue weighted by molar-refractivity contribution is 7.90. The van der Waals surface area contributed by atoms with Crippen molar-refractivity contribution in [2.75, 3.05) is 6.61 Å². The number of aliphatic hydroxyl groups excluding tert-OH is 2. The predicted molar refractivity (Wildman–Crippen MR) is 124 cm³/mol. The Morgan fingerprint density at radius 3 is 2.46 bits per heavy atom. The Kier molecular flexibility index (Phi) is 6.58. The zero-order chi connectivity index (χ0) is 25.3. The second kappa shape index (κ2) is 9.46. The lowest BCUT2D eigenvalue weighted by molar-refractivity contribution is 0.0952. The van der Waals surface area contributed by atoms with Crippen LogP contribution in [0.3, 0.4) is 0 Å². The number of benzene rings is 3. The van der Waals surface area contributed by atoms with Gasteiger partial charge in [0.25, 0.3) is 10.0 Å². The molecule has 0 fully saturated rings. The van der Waals surface area contributed by atoms with E-state index < -0.39 is 34.4 Å². The topological polar surface area (TPSA) is 113 Å². The first-order chi connectivity index (χ1) is 16.6. The molecule has 1 aromatic heterocycles. The Hall–Kier alpha value is -3.78. The molecule has 35 heavy (non-hydrogen) atoms. The minimum absolute atomic E-state index is 0.00684. The van der Waals surface area contributed by atoms with Gasteiger partial charge in [-0.25, -0.2) is 21.2 Å². The first-order valence-electron chi connectivity index (χ1n) is 10.5. The Morgan fingerprint density at radius 1 is 1.09 bits per heavy atom. The summed E-state index contributed by atoms with van der Waals surface area (Å²) in [5, 5.41) is 28.8. The van der Waals surface area contributed by atoms with Gasteiger partial charge in [0.1, 0.15) is 17.6 Å². The third-order valence-corrected chi connectivity index (χ3v) is 7.18. The van der Waals surface area contributed by atoms with Crippen molar-refractivity contribution in [2.45, 2.75) is 24.3 Å². The molecule has 0 aliphatic heterocycles. The number of aromatic nitrogens is 1. The van der Waals surface area contributed by atoms with E-state index in [-0.39, 0.29) is 44.8 Å². The lowest BCUT2D eigenvalue weighted by Crippen LogP contribution is -2.16. The van der Waals surface area contributed by atoms with Crippen molar-refractivity contribution < 1.29 is 32.1 Å². The van der Waals surface area contributed by atoms with Crippen LogP contribution in [0.1, 0.15) is 16.7 Å². The quantitative estimate of drug-likeness (QED) is 0.398. The number of ether oxygens (including phenoxy) is 1. The van der Waals surface area contributed by atoms with Crippen molar-refractivity contribution in [3.8, 4) is 17.6 Å². The van der Waals surface area contributed by atoms with Gasteiger partial charge in [0.2, 0.25) is 0 Å². The SMILES string of the molecule is Cc1ccc(S(=O)(=O)n2ccc3c(CC(O)CO)c(Oc4ccc(F)c(C#N)c4)c(F)cc32)cc1. The summed E-state index contributed by atoms with van der Waals surface area (Å²) in [5.41, 5.74) is 0.667. The molecule has 0 aliphatic carbocycles. The zero-order valence-corrected chi connectivity index (χ0v) is 19.3. The summed E-state index contributed by atoms with van der Waals surface area (Å²) in [6.07, 6.45) is -0.285. The van der Waals surface area contributed by atoms with Crippen LogP contribution in [0.4, 0.5) is 8.78 Å². The van der Waals surface area contributed by atoms with Gasteiger partial charge in [0.05, 0.1) is 28.7 Å². The summed E-state index contributed by atoms with van der Waals surface area (Å²) in [7, 11) is -4.07. The molecule has 10 heteroatoms. The molecule has 0 amide bonds. The zero-order valence-electron chi connectivity index (χ0n) is 18.4. The molecule has 0 spiro atoms. The number of aliphatic hydroxyl groups is 2. The Bertz CT molecular complexity index is 1560. The maximum absolute atomic E-state index is 15.4. The monoisotopic (exact) mass is 498 g/mol. The molecule has 1 heterocycles. The van der Waals surface area contributed by atoms with Crippen LogP contribution in [0.15, 0.2) is 65.7 Å². The first kappa shape index (κ1) is 24.3. The fraction of sp³-hybridized carbons (Fsp3) is 0.160. The molecular weight excluding hydrogens is 478 g/mol. The van der Waals surface area contributed by atoms with E-state index in [1.54, 1.807) is 18.2 Å². The number of hydrogen-bond acceptors (Lipinski definition) is 6. The van der Waals surface area contributed by atoms with E-state index in [9.17, 15) is 23.0 Å². The van der Waals surface area contributed by atoms with E-state index in [1.807, 2.05) is 6.92 Å². The number of rotatable bonds is 7. The van der Waals surface area contributed by atoms with Crippen molar-refractivity contribution >= 4 is 20.9 Å². The van der Waals surface area contributed by atoms with Crippen LogP contribution in [-0.2, 0) is 16.4 Å². The van der Waals surface area contributed by atoms with E-state index in [4.69, 9.17) is 10.00 Å². The summed E-state index contributed by atoms with van der Waals surface area (Å²) >= 11 is 0. The Labute approximate surface area is 200 Å². The van der Waals surface area contributed by atoms with Crippen LogP contribution in [0, 0.1) is 29.9 Å². The molecule has 3 aromatic carbocycles. The summed E-state index contributed by atoms with van der Waals surface area (Å²) in [4.78, 5) is 0.00798. The summed E-state index contributed by atoms with van der Waals surface area (Å²) < 4.78 is 62.1. The number of hydrogen-bond donors (Lipinski definition) is 2. The maximum atomic E-state index is 15.4. The molecule has 0 aliphatic rings. The van der Waals surface area contributed by atoms with E-state index in [2.05, 4.69) is 0 Å². The predicted octanol–water partition coefficient (Wildman–Crippen LogP) is 4.02. The van der Waals surface area contributed by atoms with Crippen molar-refractivity contribution in [1.29, 1.82) is 5.26 Å². The molecule has 4 aromatic rings. The van der Waals surface area contributed by atoms with Crippen molar-refractivity contribution in [1.82, 2.24) is 3.97 Å². The molecule has 7 nitrogen and oxygen atoms in total. The van der Waals surface area contributed by atoms with Crippen molar-refractivity contribution in [2.24, 2.45) is 0 Å². The Morgan fingerprint density at radius 2 is 1.80 bits per heavy atom. The second-order valence-corrected chi connectivity index (χ2v) is 9.74. The lowest BCUT2D eigenvalue weighted by Gasteiger charge is -2.17. The van der Waals surface area contributed by atoms with Crippen molar-refractivity contribution in [3.05, 3.63) is 89.1 Å². The normalized spacial score (nSPS) is 12.5. The van der Waals surface area contributed by atoms with Gasteiger partial charge in [0.15, 0.2) is 11.6 Å². The fourth-order valence-electron chi connectivity index (χ4n) is 3.69. The first-order valence-corrected chi connectivity index (χ1v) is 11.9. The third-order valence-electron chi connectivity index (χ3n) is 5.48. The highest BCUT2D eigenvalue weighted by Gasteiger charge is 2.25. The molecule has 180 valence electrons. The van der Waals surface area contributed by atoms with Crippen LogP contribution in [-0.4, -0.2) is 35.3 Å². The molecule has 0 radical (unpaired) electrons. The van der Waals surface area contributed by atoms with Crippen LogP contribution in [0.5, 0.6) is 11.5 Å². The summed E-state index contributed by atoms with van der Waals surface area (Å²) in [5.74, 6) is -2.09. The number of aryl methyl sites for hydroxylation is 1. The minimum atomic E-state index is -4.07. The van der Waals surface area contributed by atoms with E-state index in [0.717, 1.165) is 27.7 Å². The molecule has 0 bridgehead atoms. The van der Waals surface area contributed by atoms with Gasteiger partial charge in [-0.15, -0.1) is 0 Å². The molecule has 1 unspecified atom stereocenters. The highest BCUT2D eigenvalue weighted by Crippen LogP contribution is 2.37. The number of nitrogens with zero attached hydrogens (tertiary/aromatic N) is 2. The van der Waals surface area contributed by atoms with Crippen LogP contribution < -0.4 is 4.74 Å². The third kappa shape index (κ3) is 4.61. The average molecular weight is 499 g/mol. The molecule has 1 atom stereocenters. The van der Waals surface area contributed by atoms with E-state index >= 15 is 4.39 Å². The van der Waals surface area contributed by atoms with Gasteiger partial charge in [0, 0.05) is 35.7 Å². The fourth-order valence-corrected chi connectivity index (χ4v) is 5.03. The molecular formula is C25H20F2N2O5S. The van der Waals surface area contributed by atoms with Gasteiger partial charge >= 0.3 is 0 Å². The van der Waals surface area contributed by atoms with Crippen LogP contribution >= 0.6 is 0 Å². The lowest BCUT2D eigenvalue weighted by atomic mass is 10.0. The maximum Gasteiger partial charge on any atom is 0.268 e. The van der Waals surface area contributed by atoms with Gasteiger partial charge in [-0.3, -0.25) is 0 Å². The van der Waals surface area contributed by atoms with Gasteiger partial charge in [-0.05, 0) is 37.3 Å². The number of nitriles is 1. The smallest absolute Gasteiger partial charge is 0.268 e. The van der Waals surface area contributed by atoms with Gasteiger partial charge in [-0.2, -0.15) is 5.26 Å². The standard InChI is InChI=1S/C25H20F2N2O5S/c1-15-2-5-19(6-3-15)35(32,33)29-9-8-20-21(11-17(31)14-30)25(23(27)12-24(20)29)34-18-4-7-22(26)16(10-18)13-28/h2-10,12,17,30-31H,11,14H2,1H3. The summed E-state index contributed by atoms with van der Waals surface area (Å²) in [6, 6.07) is 13.6. The largest absolute Gasteiger partial charge is 0.454 e. The van der Waals surface area contributed by atoms with E-state index in [0.29, 0.717) is 0 Å².